The monoisotopic (exact) mass is 327 g/mol. The van der Waals surface area contributed by atoms with E-state index in [1.165, 1.54) is 0 Å². The van der Waals surface area contributed by atoms with E-state index in [9.17, 15) is 9.59 Å². The van der Waals surface area contributed by atoms with Crippen molar-refractivity contribution >= 4 is 43.6 Å². The number of carboxylic acid groups (broad SMARTS) is 1. The van der Waals surface area contributed by atoms with Crippen LogP contribution in [0.3, 0.4) is 0 Å². The molecule has 2 rings (SSSR count). The Balaban J connectivity index is 2.03. The first-order valence-electron chi connectivity index (χ1n) is 5.79. The van der Waals surface area contributed by atoms with Crippen LogP contribution in [0.1, 0.15) is 19.8 Å². The van der Waals surface area contributed by atoms with Gasteiger partial charge in [0, 0.05) is 0 Å². The summed E-state index contributed by atoms with van der Waals surface area (Å²) in [6, 6.07) is 5.45. The van der Waals surface area contributed by atoms with Gasteiger partial charge in [-0.3, -0.25) is 0 Å². The number of benzene rings is 1. The Morgan fingerprint density at radius 1 is 1.37 bits per heavy atom. The van der Waals surface area contributed by atoms with E-state index in [1.54, 1.807) is 13.0 Å². The van der Waals surface area contributed by atoms with Gasteiger partial charge in [-0.2, -0.15) is 0 Å². The molecule has 19 heavy (non-hydrogen) atoms. The van der Waals surface area contributed by atoms with Crippen molar-refractivity contribution in [3.63, 3.8) is 0 Å². The third-order valence-electron chi connectivity index (χ3n) is 2.62. The Morgan fingerprint density at radius 3 is 2.89 bits per heavy atom. The number of rotatable bonds is 5. The van der Waals surface area contributed by atoms with Crippen LogP contribution in [0, 0.1) is 5.92 Å². The van der Waals surface area contributed by atoms with E-state index in [2.05, 4.69) is 13.3 Å². The molecule has 0 fully saturated rings. The number of carbonyl (C=O) groups is 2. The van der Waals surface area contributed by atoms with Crippen molar-refractivity contribution in [1.82, 2.24) is 7.96 Å². The minimum atomic E-state index is -0.891. The van der Waals surface area contributed by atoms with Gasteiger partial charge < -0.3 is 0 Å². The second kappa shape index (κ2) is 5.95. The van der Waals surface area contributed by atoms with Crippen molar-refractivity contribution < 1.29 is 14.7 Å². The summed E-state index contributed by atoms with van der Waals surface area (Å²) >= 11 is -0.139. The van der Waals surface area contributed by atoms with Gasteiger partial charge in [-0.25, -0.2) is 0 Å². The molecule has 7 heteroatoms. The molecule has 0 saturated heterocycles. The number of nitrogens with one attached hydrogen (secondary N) is 1. The number of fused-ring (bicyclic) bond motifs is 1. The molecule has 2 aromatic rings. The van der Waals surface area contributed by atoms with E-state index >= 15 is 0 Å². The summed E-state index contributed by atoms with van der Waals surface area (Å²) in [6.07, 6.45) is 0.168. The Morgan fingerprint density at radius 2 is 2.16 bits per heavy atom. The Bertz CT molecular complexity index is 611. The molecule has 1 amide bonds. The van der Waals surface area contributed by atoms with Crippen LogP contribution in [-0.2, 0) is 9.59 Å². The van der Waals surface area contributed by atoms with Gasteiger partial charge in [-0.1, -0.05) is 0 Å². The molecule has 0 radical (unpaired) electrons. The van der Waals surface area contributed by atoms with E-state index in [0.29, 0.717) is 5.69 Å². The van der Waals surface area contributed by atoms with Crippen molar-refractivity contribution in [3.8, 4) is 0 Å². The standard InChI is InChI=1S/C12H13N3O3Se/c1-7(6-11(17)18)5-10(16)13-8-3-2-4-9-12(8)15-19-14-9/h2-4,7H,5-6H2,1H3,(H,13,16)(H,17,18). The van der Waals surface area contributed by atoms with Crippen LogP contribution in [0.2, 0.25) is 0 Å². The van der Waals surface area contributed by atoms with Gasteiger partial charge in [0.25, 0.3) is 0 Å². The van der Waals surface area contributed by atoms with Gasteiger partial charge in [0.1, 0.15) is 0 Å². The van der Waals surface area contributed by atoms with E-state index in [4.69, 9.17) is 5.11 Å². The van der Waals surface area contributed by atoms with Gasteiger partial charge in [-0.05, 0) is 0 Å². The van der Waals surface area contributed by atoms with Crippen molar-refractivity contribution in [2.45, 2.75) is 19.8 Å². The maximum absolute atomic E-state index is 11.8. The predicted molar refractivity (Wildman–Crippen MR) is 71.1 cm³/mol. The number of hydrogen-bond acceptors (Lipinski definition) is 4. The van der Waals surface area contributed by atoms with E-state index in [1.807, 2.05) is 12.1 Å². The van der Waals surface area contributed by atoms with Crippen LogP contribution < -0.4 is 5.32 Å². The zero-order chi connectivity index (χ0) is 13.8. The molecule has 1 atom stereocenters. The molecule has 0 aliphatic carbocycles. The first-order valence-corrected chi connectivity index (χ1v) is 7.32. The Kier molecular flexibility index (Phi) is 4.29. The van der Waals surface area contributed by atoms with Crippen LogP contribution >= 0.6 is 0 Å². The fourth-order valence-corrected chi connectivity index (χ4v) is 2.95. The Hall–Kier alpha value is -1.72. The predicted octanol–water partition coefficient (Wildman–Crippen LogP) is 1.13. The summed E-state index contributed by atoms with van der Waals surface area (Å²) in [5, 5.41) is 11.4. The van der Waals surface area contributed by atoms with E-state index in [-0.39, 0.29) is 39.6 Å². The zero-order valence-electron chi connectivity index (χ0n) is 10.3. The molecule has 0 aliphatic rings. The average molecular weight is 326 g/mol. The molecule has 100 valence electrons. The molecule has 0 aliphatic heterocycles. The number of carbonyl (C=O) groups excluding carboxylic acids is 1. The summed E-state index contributed by atoms with van der Waals surface area (Å²) in [7, 11) is 0. The molecule has 1 aromatic carbocycles. The van der Waals surface area contributed by atoms with Crippen molar-refractivity contribution in [3.05, 3.63) is 18.2 Å². The summed E-state index contributed by atoms with van der Waals surface area (Å²) in [5.74, 6) is -1.28. The SMILES string of the molecule is CC(CC(=O)O)CC(=O)Nc1cccc2n[se]nc12. The normalized spacial score (nSPS) is 12.3. The van der Waals surface area contributed by atoms with Crippen LogP contribution in [0.25, 0.3) is 11.0 Å². The van der Waals surface area contributed by atoms with Crippen molar-refractivity contribution in [2.24, 2.45) is 5.92 Å². The molecule has 0 saturated carbocycles. The second-order valence-electron chi connectivity index (χ2n) is 4.39. The van der Waals surface area contributed by atoms with Crippen LogP contribution in [0.15, 0.2) is 18.2 Å². The Labute approximate surface area is 116 Å². The number of hydrogen-bond donors (Lipinski definition) is 2. The van der Waals surface area contributed by atoms with E-state index < -0.39 is 5.97 Å². The van der Waals surface area contributed by atoms with Crippen molar-refractivity contribution in [1.29, 1.82) is 0 Å². The third-order valence-corrected chi connectivity index (χ3v) is 3.76. The topological polar surface area (TPSA) is 92.2 Å². The summed E-state index contributed by atoms with van der Waals surface area (Å²) in [4.78, 5) is 22.4. The fourth-order valence-electron chi connectivity index (χ4n) is 1.80. The number of amides is 1. The first-order chi connectivity index (χ1) is 9.06. The average Bonchev–Trinajstić information content (AvgIpc) is 2.76. The first kappa shape index (κ1) is 13.7. The van der Waals surface area contributed by atoms with Crippen molar-refractivity contribution in [2.75, 3.05) is 5.32 Å². The molecule has 0 bridgehead atoms. The van der Waals surface area contributed by atoms with Crippen LogP contribution in [0.4, 0.5) is 5.69 Å². The molecular weight excluding hydrogens is 313 g/mol. The molecule has 1 aromatic heterocycles. The molecule has 0 spiro atoms. The van der Waals surface area contributed by atoms with Gasteiger partial charge in [0.2, 0.25) is 0 Å². The molecule has 6 nitrogen and oxygen atoms in total. The third kappa shape index (κ3) is 3.62. The number of aliphatic carboxylic acids is 1. The summed E-state index contributed by atoms with van der Waals surface area (Å²) in [5.41, 5.74) is 2.17. The quantitative estimate of drug-likeness (QED) is 0.804. The van der Waals surface area contributed by atoms with Crippen LogP contribution in [0.5, 0.6) is 0 Å². The van der Waals surface area contributed by atoms with Gasteiger partial charge in [-0.15, -0.1) is 0 Å². The van der Waals surface area contributed by atoms with Crippen LogP contribution in [-0.4, -0.2) is 39.9 Å². The number of carboxylic acids is 1. The molecule has 2 N–H and O–H groups in total. The number of nitrogens with zero attached hydrogens (tertiary/aromatic N) is 2. The van der Waals surface area contributed by atoms with Gasteiger partial charge in [0.15, 0.2) is 0 Å². The minimum absolute atomic E-state index is 0.0108. The number of anilines is 1. The molecular formula is C12H13N3O3Se. The fraction of sp³-hybridized carbons (Fsp3) is 0.333. The van der Waals surface area contributed by atoms with E-state index in [0.717, 1.165) is 11.0 Å². The van der Waals surface area contributed by atoms with Gasteiger partial charge >= 0.3 is 115 Å². The number of aromatic nitrogens is 2. The zero-order valence-corrected chi connectivity index (χ0v) is 12.0. The van der Waals surface area contributed by atoms with Gasteiger partial charge in [0.05, 0.1) is 0 Å². The summed E-state index contributed by atoms with van der Waals surface area (Å²) < 4.78 is 8.50. The summed E-state index contributed by atoms with van der Waals surface area (Å²) in [6.45, 7) is 1.74. The maximum atomic E-state index is 11.8. The molecule has 1 unspecified atom stereocenters. The second-order valence-corrected chi connectivity index (χ2v) is 5.50. The molecule has 1 heterocycles.